The summed E-state index contributed by atoms with van der Waals surface area (Å²) < 4.78 is 32.9. The number of carbonyl (C=O) groups excluding carboxylic acids is 1. The highest BCUT2D eigenvalue weighted by molar-refractivity contribution is 7.89. The molecule has 2 heterocycles. The molecule has 29 heavy (non-hydrogen) atoms. The SMILES string of the molecule is Cc1cc(Cl)cc(S(=O)(=O)N2CCC(N3C(=O)OCc4cccc(C)c43)CC2)c1. The monoisotopic (exact) mass is 434 g/mol. The lowest BCUT2D eigenvalue weighted by molar-refractivity contribution is 0.135. The predicted octanol–water partition coefficient (Wildman–Crippen LogP) is 4.27. The van der Waals surface area contributed by atoms with E-state index in [1.165, 1.54) is 10.4 Å². The second-order valence-corrected chi connectivity index (χ2v) is 9.98. The first kappa shape index (κ1) is 20.2. The maximum Gasteiger partial charge on any atom is 0.414 e. The number of fused-ring (bicyclic) bond motifs is 1. The first-order valence-corrected chi connectivity index (χ1v) is 11.4. The first-order chi connectivity index (χ1) is 13.8. The summed E-state index contributed by atoms with van der Waals surface area (Å²) in [4.78, 5) is 14.5. The van der Waals surface area contributed by atoms with Gasteiger partial charge in [-0.25, -0.2) is 13.2 Å². The molecule has 2 aliphatic rings. The molecule has 1 saturated heterocycles. The van der Waals surface area contributed by atoms with Gasteiger partial charge in [-0.15, -0.1) is 0 Å². The highest BCUT2D eigenvalue weighted by Gasteiger charge is 2.37. The second-order valence-electron chi connectivity index (χ2n) is 7.61. The second kappa shape index (κ2) is 7.63. The number of piperidine rings is 1. The number of anilines is 1. The number of cyclic esters (lactones) is 1. The van der Waals surface area contributed by atoms with Crippen molar-refractivity contribution in [2.75, 3.05) is 18.0 Å². The Morgan fingerprint density at radius 3 is 2.52 bits per heavy atom. The largest absolute Gasteiger partial charge is 0.444 e. The van der Waals surface area contributed by atoms with Gasteiger partial charge in [0, 0.05) is 29.7 Å². The number of nitrogens with zero attached hydrogens (tertiary/aromatic N) is 2. The molecule has 0 aliphatic carbocycles. The minimum absolute atomic E-state index is 0.102. The smallest absolute Gasteiger partial charge is 0.414 e. The maximum absolute atomic E-state index is 13.1. The Bertz CT molecular complexity index is 1040. The number of rotatable bonds is 3. The molecule has 8 heteroatoms. The normalized spacial score (nSPS) is 18.4. The summed E-state index contributed by atoms with van der Waals surface area (Å²) in [5.74, 6) is 0. The van der Waals surface area contributed by atoms with E-state index >= 15 is 0 Å². The van der Waals surface area contributed by atoms with E-state index in [2.05, 4.69) is 0 Å². The van der Waals surface area contributed by atoms with Gasteiger partial charge >= 0.3 is 6.09 Å². The molecule has 0 N–H and O–H groups in total. The van der Waals surface area contributed by atoms with Crippen molar-refractivity contribution < 1.29 is 17.9 Å². The van der Waals surface area contributed by atoms with Gasteiger partial charge in [0.15, 0.2) is 0 Å². The number of halogens is 1. The molecule has 0 spiro atoms. The third-order valence-corrected chi connectivity index (χ3v) is 7.65. The topological polar surface area (TPSA) is 66.9 Å². The van der Waals surface area contributed by atoms with Crippen molar-refractivity contribution in [2.45, 2.75) is 44.2 Å². The summed E-state index contributed by atoms with van der Waals surface area (Å²) in [6.07, 6.45) is 0.724. The van der Waals surface area contributed by atoms with Gasteiger partial charge in [-0.3, -0.25) is 4.90 Å². The molecule has 4 rings (SSSR count). The zero-order valence-electron chi connectivity index (χ0n) is 16.4. The Morgan fingerprint density at radius 2 is 1.83 bits per heavy atom. The van der Waals surface area contributed by atoms with Crippen LogP contribution in [0.3, 0.4) is 0 Å². The molecular formula is C21H23ClN2O4S. The summed E-state index contributed by atoms with van der Waals surface area (Å²) in [6, 6.07) is 10.6. The summed E-state index contributed by atoms with van der Waals surface area (Å²) in [5, 5.41) is 0.404. The summed E-state index contributed by atoms with van der Waals surface area (Å²) in [5.41, 5.74) is 3.70. The Hall–Kier alpha value is -2.09. The van der Waals surface area contributed by atoms with Gasteiger partial charge in [0.05, 0.1) is 10.6 Å². The third kappa shape index (κ3) is 3.74. The van der Waals surface area contributed by atoms with E-state index < -0.39 is 10.0 Å². The average molecular weight is 435 g/mol. The average Bonchev–Trinajstić information content (AvgIpc) is 2.68. The lowest BCUT2D eigenvalue weighted by Gasteiger charge is -2.40. The van der Waals surface area contributed by atoms with Crippen LogP contribution in [-0.2, 0) is 21.4 Å². The van der Waals surface area contributed by atoms with E-state index in [0.717, 1.165) is 22.4 Å². The molecule has 2 aromatic rings. The van der Waals surface area contributed by atoms with Crippen LogP contribution in [0.1, 0.15) is 29.5 Å². The van der Waals surface area contributed by atoms with Crippen molar-refractivity contribution in [3.05, 3.63) is 58.1 Å². The number of benzene rings is 2. The van der Waals surface area contributed by atoms with E-state index in [1.54, 1.807) is 17.0 Å². The van der Waals surface area contributed by atoms with E-state index in [0.29, 0.717) is 31.0 Å². The van der Waals surface area contributed by atoms with E-state index in [4.69, 9.17) is 16.3 Å². The molecular weight excluding hydrogens is 412 g/mol. The van der Waals surface area contributed by atoms with Crippen LogP contribution in [-0.4, -0.2) is 37.9 Å². The van der Waals surface area contributed by atoms with Crippen LogP contribution in [0.4, 0.5) is 10.5 Å². The first-order valence-electron chi connectivity index (χ1n) is 9.59. The number of ether oxygens (including phenoxy) is 1. The Morgan fingerprint density at radius 1 is 1.10 bits per heavy atom. The molecule has 1 amide bonds. The van der Waals surface area contributed by atoms with Crippen LogP contribution >= 0.6 is 11.6 Å². The quantitative estimate of drug-likeness (QED) is 0.723. The highest BCUT2D eigenvalue weighted by atomic mass is 35.5. The molecule has 2 aliphatic heterocycles. The molecule has 2 aromatic carbocycles. The molecule has 0 unspecified atom stereocenters. The van der Waals surface area contributed by atoms with Crippen LogP contribution in [0.2, 0.25) is 5.02 Å². The van der Waals surface area contributed by atoms with Crippen molar-refractivity contribution in [2.24, 2.45) is 0 Å². The van der Waals surface area contributed by atoms with Crippen molar-refractivity contribution in [3.8, 4) is 0 Å². The van der Waals surface area contributed by atoms with Crippen LogP contribution in [0.5, 0.6) is 0 Å². The maximum atomic E-state index is 13.1. The van der Waals surface area contributed by atoms with Gasteiger partial charge in [-0.05, 0) is 56.0 Å². The van der Waals surface area contributed by atoms with Gasteiger partial charge in [-0.1, -0.05) is 29.8 Å². The highest BCUT2D eigenvalue weighted by Crippen LogP contribution is 2.35. The third-order valence-electron chi connectivity index (χ3n) is 5.55. The van der Waals surface area contributed by atoms with Gasteiger partial charge < -0.3 is 4.74 Å². The minimum atomic E-state index is -3.63. The van der Waals surface area contributed by atoms with Crippen LogP contribution in [0.15, 0.2) is 41.3 Å². The summed E-state index contributed by atoms with van der Waals surface area (Å²) in [6.45, 7) is 4.74. The van der Waals surface area contributed by atoms with Crippen molar-refractivity contribution in [1.82, 2.24) is 4.31 Å². The Balaban J connectivity index is 1.55. The number of sulfonamides is 1. The van der Waals surface area contributed by atoms with Crippen molar-refractivity contribution >= 4 is 33.4 Å². The summed E-state index contributed by atoms with van der Waals surface area (Å²) >= 11 is 6.06. The number of hydrogen-bond donors (Lipinski definition) is 0. The lowest BCUT2D eigenvalue weighted by atomic mass is 10.00. The van der Waals surface area contributed by atoms with Gasteiger partial charge in [0.25, 0.3) is 0 Å². The molecule has 0 atom stereocenters. The fourth-order valence-corrected chi connectivity index (χ4v) is 6.11. The fourth-order valence-electron chi connectivity index (χ4n) is 4.15. The molecule has 0 radical (unpaired) electrons. The van der Waals surface area contributed by atoms with Gasteiger partial charge in [0.2, 0.25) is 10.0 Å². The number of amides is 1. The van der Waals surface area contributed by atoms with Crippen molar-refractivity contribution in [3.63, 3.8) is 0 Å². The Kier molecular flexibility index (Phi) is 5.31. The molecule has 1 fully saturated rings. The van der Waals surface area contributed by atoms with Crippen molar-refractivity contribution in [1.29, 1.82) is 0 Å². The zero-order valence-corrected chi connectivity index (χ0v) is 18.0. The van der Waals surface area contributed by atoms with E-state index in [9.17, 15) is 13.2 Å². The minimum Gasteiger partial charge on any atom is -0.444 e. The molecule has 0 saturated carbocycles. The summed E-state index contributed by atoms with van der Waals surface area (Å²) in [7, 11) is -3.63. The standard InChI is InChI=1S/C21H23ClN2O4S/c1-14-10-17(22)12-19(11-14)29(26,27)23-8-6-18(7-9-23)24-20-15(2)4-3-5-16(20)13-28-21(24)25/h3-5,10-12,18H,6-9,13H2,1-2H3. The van der Waals surface area contributed by atoms with Crippen LogP contribution in [0.25, 0.3) is 0 Å². The van der Waals surface area contributed by atoms with Gasteiger partial charge in [-0.2, -0.15) is 4.31 Å². The Labute approximate surface area is 176 Å². The van der Waals surface area contributed by atoms with Gasteiger partial charge in [0.1, 0.15) is 6.61 Å². The number of para-hydroxylation sites is 1. The molecule has 0 bridgehead atoms. The van der Waals surface area contributed by atoms with Crippen LogP contribution in [0, 0.1) is 13.8 Å². The lowest BCUT2D eigenvalue weighted by Crippen LogP contribution is -2.50. The zero-order chi connectivity index (χ0) is 20.8. The molecule has 6 nitrogen and oxygen atoms in total. The predicted molar refractivity (Wildman–Crippen MR) is 112 cm³/mol. The number of hydrogen-bond acceptors (Lipinski definition) is 4. The number of carbonyl (C=O) groups is 1. The number of aryl methyl sites for hydroxylation is 2. The molecule has 0 aromatic heterocycles. The molecule has 154 valence electrons. The van der Waals surface area contributed by atoms with E-state index in [1.807, 2.05) is 32.0 Å². The van der Waals surface area contributed by atoms with Crippen LogP contribution < -0.4 is 4.90 Å². The fraction of sp³-hybridized carbons (Fsp3) is 0.381. The van der Waals surface area contributed by atoms with E-state index in [-0.39, 0.29) is 23.6 Å².